The van der Waals surface area contributed by atoms with Crippen molar-refractivity contribution in [1.82, 2.24) is 0 Å². The van der Waals surface area contributed by atoms with Gasteiger partial charge in [0.05, 0.1) is 14.2 Å². The maximum atomic E-state index is 12.8. The Morgan fingerprint density at radius 1 is 1.04 bits per heavy atom. The SMILES string of the molecule is C=CCC(O)(C(=O)c1ccc(OC)cc1)c1ccc(OC)cc1. The van der Waals surface area contributed by atoms with Crippen LogP contribution in [0.25, 0.3) is 0 Å². The van der Waals surface area contributed by atoms with Crippen LogP contribution in [0.15, 0.2) is 61.2 Å². The molecule has 4 nitrogen and oxygen atoms in total. The number of hydrogen-bond donors (Lipinski definition) is 1. The first-order valence-corrected chi connectivity index (χ1v) is 7.22. The Kier molecular flexibility index (Phi) is 5.19. The molecule has 0 fully saturated rings. The maximum Gasteiger partial charge on any atom is 0.199 e. The molecule has 1 N–H and O–H groups in total. The number of Topliss-reactive ketones (excluding diaryl/α,β-unsaturated/α-hetero) is 1. The molecule has 2 aromatic carbocycles. The molecule has 0 amide bonds. The zero-order valence-corrected chi connectivity index (χ0v) is 13.3. The van der Waals surface area contributed by atoms with E-state index >= 15 is 0 Å². The molecule has 120 valence electrons. The lowest BCUT2D eigenvalue weighted by molar-refractivity contribution is 0.0313. The van der Waals surface area contributed by atoms with E-state index in [1.54, 1.807) is 62.8 Å². The highest BCUT2D eigenvalue weighted by atomic mass is 16.5. The Morgan fingerprint density at radius 2 is 1.52 bits per heavy atom. The monoisotopic (exact) mass is 312 g/mol. The van der Waals surface area contributed by atoms with Crippen LogP contribution in [0.1, 0.15) is 22.3 Å². The van der Waals surface area contributed by atoms with E-state index in [1.165, 1.54) is 6.08 Å². The van der Waals surface area contributed by atoms with Gasteiger partial charge >= 0.3 is 0 Å². The second-order valence-corrected chi connectivity index (χ2v) is 5.14. The van der Waals surface area contributed by atoms with Gasteiger partial charge in [0.25, 0.3) is 0 Å². The van der Waals surface area contributed by atoms with Crippen LogP contribution in [0, 0.1) is 0 Å². The molecule has 0 aliphatic rings. The van der Waals surface area contributed by atoms with Crippen LogP contribution in [0.2, 0.25) is 0 Å². The first kappa shape index (κ1) is 16.8. The first-order chi connectivity index (χ1) is 11.0. The van der Waals surface area contributed by atoms with Crippen molar-refractivity contribution in [1.29, 1.82) is 0 Å². The van der Waals surface area contributed by atoms with E-state index in [0.717, 1.165) is 0 Å². The minimum Gasteiger partial charge on any atom is -0.497 e. The lowest BCUT2D eigenvalue weighted by atomic mass is 9.83. The lowest BCUT2D eigenvalue weighted by Crippen LogP contribution is -2.35. The summed E-state index contributed by atoms with van der Waals surface area (Å²) in [6.45, 7) is 3.65. The van der Waals surface area contributed by atoms with Gasteiger partial charge in [0, 0.05) is 12.0 Å². The number of carbonyl (C=O) groups excluding carboxylic acids is 1. The smallest absolute Gasteiger partial charge is 0.199 e. The van der Waals surface area contributed by atoms with E-state index in [4.69, 9.17) is 9.47 Å². The van der Waals surface area contributed by atoms with Crippen molar-refractivity contribution >= 4 is 5.78 Å². The number of methoxy groups -OCH3 is 2. The van der Waals surface area contributed by atoms with Crippen LogP contribution < -0.4 is 9.47 Å². The number of rotatable bonds is 7. The molecular weight excluding hydrogens is 292 g/mol. The van der Waals surface area contributed by atoms with Crippen molar-refractivity contribution in [2.24, 2.45) is 0 Å². The molecule has 0 aromatic heterocycles. The summed E-state index contributed by atoms with van der Waals surface area (Å²) in [5.74, 6) is 0.926. The fourth-order valence-electron chi connectivity index (χ4n) is 2.40. The molecule has 0 heterocycles. The fourth-order valence-corrected chi connectivity index (χ4v) is 2.40. The van der Waals surface area contributed by atoms with Gasteiger partial charge in [-0.3, -0.25) is 4.79 Å². The number of hydrogen-bond acceptors (Lipinski definition) is 4. The third-order valence-electron chi connectivity index (χ3n) is 3.74. The standard InChI is InChI=1S/C19H20O4/c1-4-13-19(21,15-7-11-17(23-3)12-8-15)18(20)14-5-9-16(22-2)10-6-14/h4-12,21H,1,13H2,2-3H3. The summed E-state index contributed by atoms with van der Waals surface area (Å²) < 4.78 is 10.2. The van der Waals surface area contributed by atoms with Gasteiger partial charge < -0.3 is 14.6 Å². The summed E-state index contributed by atoms with van der Waals surface area (Å²) in [7, 11) is 3.12. The minimum atomic E-state index is -1.66. The predicted molar refractivity (Wildman–Crippen MR) is 89.0 cm³/mol. The van der Waals surface area contributed by atoms with Crippen molar-refractivity contribution in [3.8, 4) is 11.5 Å². The van der Waals surface area contributed by atoms with Crippen molar-refractivity contribution in [3.05, 3.63) is 72.3 Å². The molecule has 0 spiro atoms. The second kappa shape index (κ2) is 7.11. The molecule has 1 unspecified atom stereocenters. The van der Waals surface area contributed by atoms with E-state index in [9.17, 15) is 9.90 Å². The summed E-state index contributed by atoms with van der Waals surface area (Å²) in [6, 6.07) is 13.4. The Hall–Kier alpha value is -2.59. The largest absolute Gasteiger partial charge is 0.497 e. The minimum absolute atomic E-state index is 0.115. The molecule has 1 atom stereocenters. The average molecular weight is 312 g/mol. The molecular formula is C19H20O4. The maximum absolute atomic E-state index is 12.8. The lowest BCUT2D eigenvalue weighted by Gasteiger charge is -2.26. The summed E-state index contributed by atoms with van der Waals surface area (Å²) in [5, 5.41) is 11.0. The van der Waals surface area contributed by atoms with Crippen LogP contribution in [0.4, 0.5) is 0 Å². The number of carbonyl (C=O) groups is 1. The summed E-state index contributed by atoms with van der Waals surface area (Å²) in [6.07, 6.45) is 1.65. The van der Waals surface area contributed by atoms with Gasteiger partial charge in [-0.2, -0.15) is 0 Å². The molecule has 4 heteroatoms. The highest BCUT2D eigenvalue weighted by Crippen LogP contribution is 2.31. The first-order valence-electron chi connectivity index (χ1n) is 7.22. The molecule has 0 aliphatic carbocycles. The molecule has 2 rings (SSSR count). The van der Waals surface area contributed by atoms with Crippen molar-refractivity contribution in [3.63, 3.8) is 0 Å². The van der Waals surface area contributed by atoms with Crippen LogP contribution in [0.5, 0.6) is 11.5 Å². The Bertz CT molecular complexity index is 674. The quantitative estimate of drug-likeness (QED) is 0.629. The summed E-state index contributed by atoms with van der Waals surface area (Å²) in [4.78, 5) is 12.8. The Balaban J connectivity index is 2.40. The number of ketones is 1. The average Bonchev–Trinajstić information content (AvgIpc) is 2.61. The summed E-state index contributed by atoms with van der Waals surface area (Å²) in [5.41, 5.74) is -0.757. The van der Waals surface area contributed by atoms with Gasteiger partial charge in [-0.25, -0.2) is 0 Å². The third-order valence-corrected chi connectivity index (χ3v) is 3.74. The third kappa shape index (κ3) is 3.43. The Morgan fingerprint density at radius 3 is 1.96 bits per heavy atom. The van der Waals surface area contributed by atoms with Crippen LogP contribution in [-0.2, 0) is 5.60 Å². The van der Waals surface area contributed by atoms with E-state index in [2.05, 4.69) is 6.58 Å². The van der Waals surface area contributed by atoms with Crippen LogP contribution >= 0.6 is 0 Å². The van der Waals surface area contributed by atoms with Gasteiger partial charge in [-0.05, 0) is 42.0 Å². The number of benzene rings is 2. The molecule has 23 heavy (non-hydrogen) atoms. The molecule has 0 radical (unpaired) electrons. The normalized spacial score (nSPS) is 13.0. The predicted octanol–water partition coefficient (Wildman–Crippen LogP) is 3.35. The summed E-state index contributed by atoms with van der Waals surface area (Å²) >= 11 is 0. The van der Waals surface area contributed by atoms with Crippen LogP contribution in [0.3, 0.4) is 0 Å². The number of aliphatic hydroxyl groups is 1. The van der Waals surface area contributed by atoms with E-state index in [-0.39, 0.29) is 12.2 Å². The molecule has 2 aromatic rings. The Labute approximate surface area is 136 Å². The van der Waals surface area contributed by atoms with Crippen molar-refractivity contribution in [2.45, 2.75) is 12.0 Å². The van der Waals surface area contributed by atoms with Crippen LogP contribution in [-0.4, -0.2) is 25.1 Å². The highest BCUT2D eigenvalue weighted by Gasteiger charge is 2.37. The van der Waals surface area contributed by atoms with E-state index in [0.29, 0.717) is 22.6 Å². The zero-order valence-electron chi connectivity index (χ0n) is 13.3. The highest BCUT2D eigenvalue weighted by molar-refractivity contribution is 6.03. The zero-order chi connectivity index (χ0) is 16.9. The van der Waals surface area contributed by atoms with E-state index in [1.807, 2.05) is 0 Å². The van der Waals surface area contributed by atoms with Gasteiger partial charge in [0.1, 0.15) is 11.5 Å². The van der Waals surface area contributed by atoms with Crippen molar-refractivity contribution in [2.75, 3.05) is 14.2 Å². The molecule has 0 aliphatic heterocycles. The molecule has 0 saturated heterocycles. The van der Waals surface area contributed by atoms with Gasteiger partial charge in [-0.15, -0.1) is 6.58 Å². The van der Waals surface area contributed by atoms with Gasteiger partial charge in [0.2, 0.25) is 0 Å². The van der Waals surface area contributed by atoms with Gasteiger partial charge in [-0.1, -0.05) is 18.2 Å². The second-order valence-electron chi connectivity index (χ2n) is 5.14. The van der Waals surface area contributed by atoms with E-state index < -0.39 is 5.60 Å². The number of ether oxygens (including phenoxy) is 2. The topological polar surface area (TPSA) is 55.8 Å². The van der Waals surface area contributed by atoms with Crippen molar-refractivity contribution < 1.29 is 19.4 Å². The molecule has 0 bridgehead atoms. The fraction of sp³-hybridized carbons (Fsp3) is 0.211. The van der Waals surface area contributed by atoms with Gasteiger partial charge in [0.15, 0.2) is 11.4 Å². The molecule has 0 saturated carbocycles.